The van der Waals surface area contributed by atoms with E-state index in [0.29, 0.717) is 12.1 Å². The molecule has 1 aromatic rings. The summed E-state index contributed by atoms with van der Waals surface area (Å²) in [4.78, 5) is 1.71. The largest absolute Gasteiger partial charge is 0.301 e. The molecular formula is C15H22F2N2O2S. The predicted octanol–water partition coefficient (Wildman–Crippen LogP) is 2.36. The van der Waals surface area contributed by atoms with Gasteiger partial charge in [0, 0.05) is 12.6 Å². The van der Waals surface area contributed by atoms with E-state index in [1.165, 1.54) is 0 Å². The van der Waals surface area contributed by atoms with E-state index >= 15 is 0 Å². The minimum atomic E-state index is -4.02. The molecule has 4 nitrogen and oxygen atoms in total. The summed E-state index contributed by atoms with van der Waals surface area (Å²) >= 11 is 0. The van der Waals surface area contributed by atoms with Gasteiger partial charge in [0.2, 0.25) is 10.0 Å². The summed E-state index contributed by atoms with van der Waals surface area (Å²) in [6.07, 6.45) is 1.79. The fraction of sp³-hybridized carbons (Fsp3) is 0.600. The third-order valence-corrected chi connectivity index (χ3v) is 5.56. The number of nitrogens with zero attached hydrogens (tertiary/aromatic N) is 1. The first-order chi connectivity index (χ1) is 10.3. The molecule has 0 radical (unpaired) electrons. The molecule has 0 amide bonds. The molecule has 0 atom stereocenters. The number of nitrogens with one attached hydrogen (secondary N) is 1. The fourth-order valence-electron chi connectivity index (χ4n) is 2.66. The third-order valence-electron chi connectivity index (χ3n) is 4.12. The SMILES string of the molecule is CC(C)N1CCC(CNS(=O)(=O)c2cc(F)ccc2F)CC1. The molecule has 1 fully saturated rings. The lowest BCUT2D eigenvalue weighted by Crippen LogP contribution is -2.41. The number of rotatable bonds is 5. The molecular weight excluding hydrogens is 310 g/mol. The second-order valence-corrected chi connectivity index (χ2v) is 7.74. The van der Waals surface area contributed by atoms with E-state index in [0.717, 1.165) is 38.1 Å². The zero-order valence-corrected chi connectivity index (χ0v) is 13.7. The first-order valence-electron chi connectivity index (χ1n) is 7.48. The van der Waals surface area contributed by atoms with E-state index in [9.17, 15) is 17.2 Å². The highest BCUT2D eigenvalue weighted by Gasteiger charge is 2.24. The summed E-state index contributed by atoms with van der Waals surface area (Å²) in [6.45, 7) is 6.38. The minimum absolute atomic E-state index is 0.224. The molecule has 1 heterocycles. The molecule has 2 rings (SSSR count). The summed E-state index contributed by atoms with van der Waals surface area (Å²) in [5.74, 6) is -1.49. The lowest BCUT2D eigenvalue weighted by Gasteiger charge is -2.34. The number of halogens is 2. The number of likely N-dealkylation sites (tertiary alicyclic amines) is 1. The van der Waals surface area contributed by atoms with Gasteiger partial charge in [0.05, 0.1) is 0 Å². The van der Waals surface area contributed by atoms with Gasteiger partial charge < -0.3 is 4.90 Å². The molecule has 0 saturated carbocycles. The lowest BCUT2D eigenvalue weighted by molar-refractivity contribution is 0.150. The Hall–Kier alpha value is -1.05. The van der Waals surface area contributed by atoms with Crippen molar-refractivity contribution in [2.45, 2.75) is 37.6 Å². The van der Waals surface area contributed by atoms with Crippen LogP contribution < -0.4 is 4.72 Å². The molecule has 1 saturated heterocycles. The molecule has 1 aliphatic rings. The van der Waals surface area contributed by atoms with E-state index in [4.69, 9.17) is 0 Å². The Morgan fingerprint density at radius 2 is 1.91 bits per heavy atom. The van der Waals surface area contributed by atoms with Crippen LogP contribution in [0.3, 0.4) is 0 Å². The van der Waals surface area contributed by atoms with Crippen molar-refractivity contribution in [2.24, 2.45) is 5.92 Å². The van der Waals surface area contributed by atoms with Gasteiger partial charge in [0.1, 0.15) is 16.5 Å². The monoisotopic (exact) mass is 332 g/mol. The maximum Gasteiger partial charge on any atom is 0.243 e. The van der Waals surface area contributed by atoms with Crippen molar-refractivity contribution in [1.29, 1.82) is 0 Å². The minimum Gasteiger partial charge on any atom is -0.301 e. The standard InChI is InChI=1S/C15H22F2N2O2S/c1-11(2)19-7-5-12(6-8-19)10-18-22(20,21)15-9-13(16)3-4-14(15)17/h3-4,9,11-12,18H,5-8,10H2,1-2H3. The van der Waals surface area contributed by atoms with Gasteiger partial charge in [-0.25, -0.2) is 21.9 Å². The topological polar surface area (TPSA) is 49.4 Å². The van der Waals surface area contributed by atoms with Gasteiger partial charge in [-0.15, -0.1) is 0 Å². The number of hydrogen-bond donors (Lipinski definition) is 1. The van der Waals surface area contributed by atoms with Crippen molar-refractivity contribution in [3.63, 3.8) is 0 Å². The number of sulfonamides is 1. The highest BCUT2D eigenvalue weighted by molar-refractivity contribution is 7.89. The van der Waals surface area contributed by atoms with Gasteiger partial charge in [0.25, 0.3) is 0 Å². The van der Waals surface area contributed by atoms with Crippen molar-refractivity contribution >= 4 is 10.0 Å². The average Bonchev–Trinajstić information content (AvgIpc) is 2.48. The van der Waals surface area contributed by atoms with Crippen LogP contribution in [0.25, 0.3) is 0 Å². The molecule has 124 valence electrons. The highest BCUT2D eigenvalue weighted by atomic mass is 32.2. The Morgan fingerprint density at radius 3 is 2.50 bits per heavy atom. The third kappa shape index (κ3) is 4.24. The molecule has 1 aliphatic heterocycles. The van der Waals surface area contributed by atoms with Gasteiger partial charge >= 0.3 is 0 Å². The van der Waals surface area contributed by atoms with Crippen molar-refractivity contribution in [2.75, 3.05) is 19.6 Å². The van der Waals surface area contributed by atoms with E-state index < -0.39 is 26.6 Å². The van der Waals surface area contributed by atoms with Crippen LogP contribution in [-0.4, -0.2) is 39.0 Å². The van der Waals surface area contributed by atoms with Gasteiger partial charge in [-0.1, -0.05) is 0 Å². The summed E-state index contributed by atoms with van der Waals surface area (Å²) < 4.78 is 53.3. The molecule has 0 aliphatic carbocycles. The Balaban J connectivity index is 1.95. The van der Waals surface area contributed by atoms with E-state index in [1.807, 2.05) is 0 Å². The molecule has 0 unspecified atom stereocenters. The summed E-state index contributed by atoms with van der Waals surface area (Å²) in [7, 11) is -4.02. The van der Waals surface area contributed by atoms with Crippen molar-refractivity contribution in [1.82, 2.24) is 9.62 Å². The van der Waals surface area contributed by atoms with Crippen molar-refractivity contribution in [3.05, 3.63) is 29.8 Å². The van der Waals surface area contributed by atoms with E-state index in [2.05, 4.69) is 23.5 Å². The molecule has 0 spiro atoms. The smallest absolute Gasteiger partial charge is 0.243 e. The molecule has 1 N–H and O–H groups in total. The molecule has 0 aromatic heterocycles. The molecule has 22 heavy (non-hydrogen) atoms. The first-order valence-corrected chi connectivity index (χ1v) is 8.96. The molecule has 1 aromatic carbocycles. The van der Waals surface area contributed by atoms with E-state index in [1.54, 1.807) is 0 Å². The summed E-state index contributed by atoms with van der Waals surface area (Å²) in [5.41, 5.74) is 0. The quantitative estimate of drug-likeness (QED) is 0.900. The van der Waals surface area contributed by atoms with Crippen LogP contribution in [0.5, 0.6) is 0 Å². The zero-order valence-electron chi connectivity index (χ0n) is 12.9. The van der Waals surface area contributed by atoms with Gasteiger partial charge in [-0.05, 0) is 63.9 Å². The second kappa shape index (κ2) is 7.02. The first kappa shape index (κ1) is 17.3. The molecule has 7 heteroatoms. The lowest BCUT2D eigenvalue weighted by atomic mass is 9.96. The number of piperidine rings is 1. The second-order valence-electron chi connectivity index (χ2n) is 6.00. The maximum atomic E-state index is 13.6. The average molecular weight is 332 g/mol. The Labute approximate surface area is 130 Å². The van der Waals surface area contributed by atoms with Gasteiger partial charge in [0.15, 0.2) is 0 Å². The van der Waals surface area contributed by atoms with Gasteiger partial charge in [-0.3, -0.25) is 0 Å². The van der Waals surface area contributed by atoms with Crippen LogP contribution in [0, 0.1) is 17.6 Å². The van der Waals surface area contributed by atoms with Crippen LogP contribution in [0.1, 0.15) is 26.7 Å². The van der Waals surface area contributed by atoms with Crippen molar-refractivity contribution < 1.29 is 17.2 Å². The van der Waals surface area contributed by atoms with Crippen molar-refractivity contribution in [3.8, 4) is 0 Å². The van der Waals surface area contributed by atoms with Crippen LogP contribution in [0.15, 0.2) is 23.1 Å². The number of hydrogen-bond acceptors (Lipinski definition) is 3. The zero-order chi connectivity index (χ0) is 16.3. The Kier molecular flexibility index (Phi) is 5.52. The normalized spacial score (nSPS) is 18.0. The summed E-state index contributed by atoms with van der Waals surface area (Å²) in [5, 5.41) is 0. The van der Waals surface area contributed by atoms with Crippen LogP contribution in [0.4, 0.5) is 8.78 Å². The summed E-state index contributed by atoms with van der Waals surface area (Å²) in [6, 6.07) is 2.92. The Bertz CT molecular complexity index is 612. The van der Waals surface area contributed by atoms with Crippen LogP contribution in [0.2, 0.25) is 0 Å². The highest BCUT2D eigenvalue weighted by Crippen LogP contribution is 2.20. The predicted molar refractivity (Wildman–Crippen MR) is 81.0 cm³/mol. The number of benzene rings is 1. The fourth-order valence-corrected chi connectivity index (χ4v) is 3.87. The molecule has 0 bridgehead atoms. The Morgan fingerprint density at radius 1 is 1.27 bits per heavy atom. The van der Waals surface area contributed by atoms with Crippen LogP contribution >= 0.6 is 0 Å². The van der Waals surface area contributed by atoms with Crippen LogP contribution in [-0.2, 0) is 10.0 Å². The van der Waals surface area contributed by atoms with E-state index in [-0.39, 0.29) is 12.5 Å². The maximum absolute atomic E-state index is 13.6. The van der Waals surface area contributed by atoms with Gasteiger partial charge in [-0.2, -0.15) is 0 Å².